The van der Waals surface area contributed by atoms with Gasteiger partial charge in [-0.2, -0.15) is 0 Å². The van der Waals surface area contributed by atoms with Crippen molar-refractivity contribution in [2.75, 3.05) is 26.4 Å². The van der Waals surface area contributed by atoms with E-state index in [1.54, 1.807) is 48.5 Å². The number of hydrogen-bond donors (Lipinski definition) is 2. The van der Waals surface area contributed by atoms with Crippen molar-refractivity contribution in [3.8, 4) is 35.2 Å². The lowest BCUT2D eigenvalue weighted by atomic mass is 10.1. The molecule has 0 aliphatic carbocycles. The minimum atomic E-state index is -1.13. The van der Waals surface area contributed by atoms with Gasteiger partial charge in [-0.1, -0.05) is 36.8 Å². The van der Waals surface area contributed by atoms with Crippen molar-refractivity contribution in [2.24, 2.45) is 0 Å². The molecule has 0 saturated carbocycles. The Labute approximate surface area is 253 Å². The minimum Gasteiger partial charge on any atom is -0.491 e. The molecule has 226 valence electrons. The standard InChI is InChI=1S/C34H28F2O8/c1-3-31(39)43-21-27(37)19-41-29-15-7-23(8-16-29)5-11-25-13-14-26(34(36)33(25)35)12-6-24-9-17-30(18-10-24)42-20-28(38)22-44-32(40)4-2/h3-4,7-10,13-18,27-28,37-38H,1-2,19-22H2. The van der Waals surface area contributed by atoms with E-state index in [0.717, 1.165) is 12.2 Å². The van der Waals surface area contributed by atoms with Gasteiger partial charge in [-0.25, -0.2) is 18.4 Å². The molecule has 8 nitrogen and oxygen atoms in total. The Morgan fingerprint density at radius 2 is 1.00 bits per heavy atom. The van der Waals surface area contributed by atoms with E-state index >= 15 is 0 Å². The number of esters is 2. The largest absolute Gasteiger partial charge is 0.491 e. The predicted octanol–water partition coefficient (Wildman–Crippen LogP) is 3.70. The van der Waals surface area contributed by atoms with Crippen LogP contribution in [-0.2, 0) is 19.1 Å². The third kappa shape index (κ3) is 10.8. The van der Waals surface area contributed by atoms with Crippen LogP contribution in [0.2, 0.25) is 0 Å². The van der Waals surface area contributed by atoms with Crippen LogP contribution in [0.1, 0.15) is 22.3 Å². The van der Waals surface area contributed by atoms with Gasteiger partial charge in [0.15, 0.2) is 11.6 Å². The van der Waals surface area contributed by atoms with Crippen molar-refractivity contribution in [3.05, 3.63) is 120 Å². The van der Waals surface area contributed by atoms with Gasteiger partial charge in [0.25, 0.3) is 0 Å². The molecule has 0 saturated heterocycles. The number of carbonyl (C=O) groups excluding carboxylic acids is 2. The van der Waals surface area contributed by atoms with Gasteiger partial charge < -0.3 is 29.2 Å². The van der Waals surface area contributed by atoms with Gasteiger partial charge in [-0.05, 0) is 60.7 Å². The molecule has 10 heteroatoms. The fourth-order valence-corrected chi connectivity index (χ4v) is 3.25. The molecule has 0 aromatic heterocycles. The van der Waals surface area contributed by atoms with Crippen molar-refractivity contribution in [1.82, 2.24) is 0 Å². The van der Waals surface area contributed by atoms with Gasteiger partial charge in [0, 0.05) is 23.3 Å². The van der Waals surface area contributed by atoms with Crippen LogP contribution in [-0.4, -0.2) is 60.8 Å². The SMILES string of the molecule is C=CC(=O)OCC(O)COc1ccc(C#Cc2ccc(C#Cc3ccc(OCC(O)COC(=O)C=C)cc3)c(F)c2F)cc1. The van der Waals surface area contributed by atoms with E-state index in [4.69, 9.17) is 18.9 Å². The first kappa shape index (κ1) is 33.1. The summed E-state index contributed by atoms with van der Waals surface area (Å²) in [6, 6.07) is 15.5. The molecule has 0 heterocycles. The summed E-state index contributed by atoms with van der Waals surface area (Å²) in [6.45, 7) is 5.82. The topological polar surface area (TPSA) is 112 Å². The van der Waals surface area contributed by atoms with E-state index in [9.17, 15) is 28.6 Å². The fraction of sp³-hybridized carbons (Fsp3) is 0.176. The lowest BCUT2D eigenvalue weighted by Crippen LogP contribution is -2.24. The Kier molecular flexibility index (Phi) is 12.7. The maximum absolute atomic E-state index is 14.7. The monoisotopic (exact) mass is 602 g/mol. The molecule has 0 amide bonds. The lowest BCUT2D eigenvalue weighted by molar-refractivity contribution is -0.142. The predicted molar refractivity (Wildman–Crippen MR) is 157 cm³/mol. The second-order valence-corrected chi connectivity index (χ2v) is 8.94. The number of benzene rings is 3. The van der Waals surface area contributed by atoms with Gasteiger partial charge in [0.1, 0.15) is 50.1 Å². The number of carbonyl (C=O) groups is 2. The van der Waals surface area contributed by atoms with Crippen LogP contribution in [0.25, 0.3) is 0 Å². The van der Waals surface area contributed by atoms with E-state index in [1.807, 2.05) is 0 Å². The molecule has 0 aliphatic heterocycles. The summed E-state index contributed by atoms with van der Waals surface area (Å²) < 4.78 is 49.7. The van der Waals surface area contributed by atoms with E-state index < -0.39 is 35.8 Å². The third-order valence-corrected chi connectivity index (χ3v) is 5.53. The average Bonchev–Trinajstić information content (AvgIpc) is 3.05. The number of aliphatic hydroxyl groups is 2. The molecule has 0 aliphatic rings. The second kappa shape index (κ2) is 16.9. The Morgan fingerprint density at radius 3 is 1.34 bits per heavy atom. The highest BCUT2D eigenvalue weighted by Gasteiger charge is 2.12. The first-order valence-corrected chi connectivity index (χ1v) is 13.1. The number of hydrogen-bond acceptors (Lipinski definition) is 8. The van der Waals surface area contributed by atoms with Crippen LogP contribution in [0.4, 0.5) is 8.78 Å². The smallest absolute Gasteiger partial charge is 0.330 e. The van der Waals surface area contributed by atoms with Crippen molar-refractivity contribution < 1.29 is 47.5 Å². The zero-order valence-corrected chi connectivity index (χ0v) is 23.4. The summed E-state index contributed by atoms with van der Waals surface area (Å²) in [5.74, 6) is 8.02. The van der Waals surface area contributed by atoms with Crippen LogP contribution >= 0.6 is 0 Å². The fourth-order valence-electron chi connectivity index (χ4n) is 3.25. The van der Waals surface area contributed by atoms with Crippen molar-refractivity contribution in [2.45, 2.75) is 12.2 Å². The summed E-state index contributed by atoms with van der Waals surface area (Å²) in [5.41, 5.74) is 0.737. The Morgan fingerprint density at radius 1 is 0.636 bits per heavy atom. The molecular weight excluding hydrogens is 574 g/mol. The maximum Gasteiger partial charge on any atom is 0.330 e. The van der Waals surface area contributed by atoms with E-state index in [1.165, 1.54) is 12.1 Å². The Balaban J connectivity index is 1.55. The Hall–Kier alpha value is -5.42. The van der Waals surface area contributed by atoms with E-state index in [2.05, 4.69) is 36.8 Å². The summed E-state index contributed by atoms with van der Waals surface area (Å²) in [5, 5.41) is 19.6. The molecule has 3 rings (SSSR count). The zero-order chi connectivity index (χ0) is 31.9. The molecule has 0 radical (unpaired) electrons. The molecule has 3 aromatic rings. The molecule has 2 N–H and O–H groups in total. The minimum absolute atomic E-state index is 0.113. The highest BCUT2D eigenvalue weighted by atomic mass is 19.2. The zero-order valence-electron chi connectivity index (χ0n) is 23.4. The van der Waals surface area contributed by atoms with E-state index in [0.29, 0.717) is 22.6 Å². The van der Waals surface area contributed by atoms with Crippen molar-refractivity contribution in [1.29, 1.82) is 0 Å². The maximum atomic E-state index is 14.7. The number of halogens is 2. The normalized spacial score (nSPS) is 11.4. The molecule has 2 atom stereocenters. The van der Waals surface area contributed by atoms with Crippen LogP contribution in [0.3, 0.4) is 0 Å². The summed E-state index contributed by atoms with van der Waals surface area (Å²) in [7, 11) is 0. The summed E-state index contributed by atoms with van der Waals surface area (Å²) in [6.07, 6.45) is -0.0790. The molecule has 3 aromatic carbocycles. The molecule has 0 spiro atoms. The molecule has 0 bridgehead atoms. The average molecular weight is 603 g/mol. The molecular formula is C34H28F2O8. The first-order chi connectivity index (χ1) is 21.2. The van der Waals surface area contributed by atoms with Crippen molar-refractivity contribution in [3.63, 3.8) is 0 Å². The van der Waals surface area contributed by atoms with Gasteiger partial charge in [0.2, 0.25) is 0 Å². The summed E-state index contributed by atoms with van der Waals surface area (Å²) >= 11 is 0. The van der Waals surface area contributed by atoms with Crippen LogP contribution in [0.15, 0.2) is 86.0 Å². The van der Waals surface area contributed by atoms with Crippen LogP contribution in [0, 0.1) is 35.3 Å². The van der Waals surface area contributed by atoms with Gasteiger partial charge in [-0.3, -0.25) is 0 Å². The molecule has 2 unspecified atom stereocenters. The van der Waals surface area contributed by atoms with E-state index in [-0.39, 0.29) is 37.6 Å². The quantitative estimate of drug-likeness (QED) is 0.184. The number of aliphatic hydroxyl groups excluding tert-OH is 2. The summed E-state index contributed by atoms with van der Waals surface area (Å²) in [4.78, 5) is 22.1. The number of ether oxygens (including phenoxy) is 4. The lowest BCUT2D eigenvalue weighted by Gasteiger charge is -2.12. The number of rotatable bonds is 12. The van der Waals surface area contributed by atoms with Gasteiger partial charge >= 0.3 is 11.9 Å². The molecule has 0 fully saturated rings. The van der Waals surface area contributed by atoms with Gasteiger partial charge in [0.05, 0.1) is 11.1 Å². The van der Waals surface area contributed by atoms with Crippen molar-refractivity contribution >= 4 is 11.9 Å². The van der Waals surface area contributed by atoms with Crippen LogP contribution in [0.5, 0.6) is 11.5 Å². The highest BCUT2D eigenvalue weighted by Crippen LogP contribution is 2.17. The van der Waals surface area contributed by atoms with Crippen LogP contribution < -0.4 is 9.47 Å². The Bertz CT molecular complexity index is 1470. The highest BCUT2D eigenvalue weighted by molar-refractivity contribution is 5.81. The van der Waals surface area contributed by atoms with Gasteiger partial charge in [-0.15, -0.1) is 0 Å². The molecule has 44 heavy (non-hydrogen) atoms. The second-order valence-electron chi connectivity index (χ2n) is 8.94. The first-order valence-electron chi connectivity index (χ1n) is 13.1. The third-order valence-electron chi connectivity index (χ3n) is 5.53.